The molecule has 7 nitrogen and oxygen atoms in total. The first kappa shape index (κ1) is 27.7. The van der Waals surface area contributed by atoms with Gasteiger partial charge in [-0.05, 0) is 72.1 Å². The number of ether oxygens (including phenoxy) is 1. The van der Waals surface area contributed by atoms with E-state index in [1.54, 1.807) is 31.4 Å². The lowest BCUT2D eigenvalue weighted by Crippen LogP contribution is -2.43. The Kier molecular flexibility index (Phi) is 7.35. The molecule has 4 aromatic rings. The number of methoxy groups -OCH3 is 1. The highest BCUT2D eigenvalue weighted by Gasteiger charge is 2.33. The fourth-order valence-corrected chi connectivity index (χ4v) is 5.33. The topological polar surface area (TPSA) is 96.1 Å². The van der Waals surface area contributed by atoms with Crippen molar-refractivity contribution in [1.29, 1.82) is 0 Å². The van der Waals surface area contributed by atoms with Crippen molar-refractivity contribution in [2.75, 3.05) is 26.9 Å². The number of halogens is 1. The highest BCUT2D eigenvalue weighted by Crippen LogP contribution is 2.44. The molecule has 1 amide bonds. The molecule has 1 unspecified atom stereocenters. The van der Waals surface area contributed by atoms with Gasteiger partial charge in [0.15, 0.2) is 0 Å². The van der Waals surface area contributed by atoms with Gasteiger partial charge in [0.1, 0.15) is 11.4 Å². The van der Waals surface area contributed by atoms with Crippen LogP contribution >= 0.6 is 0 Å². The standard InChI is InChI=1S/C32H34FN3O4/c1-31(2,19-40-4)29-28(20-5-7-21(8-6-20)30(38)35-17-32(3,39)18-37)26-13-22-15-34-16-23(22)14-27(26)36(29)25-11-9-24(33)10-12-25/h5-14,16,37,39H,15,17-19H2,1-4H3,(H,35,38). The molecular formula is C32H34FN3O4. The number of aliphatic imine (C=N–C) groups is 1. The zero-order chi connectivity index (χ0) is 28.7. The normalized spacial score (nSPS) is 14.4. The third-order valence-corrected chi connectivity index (χ3v) is 7.36. The van der Waals surface area contributed by atoms with Crippen LogP contribution in [0.4, 0.5) is 4.39 Å². The van der Waals surface area contributed by atoms with E-state index >= 15 is 0 Å². The van der Waals surface area contributed by atoms with Crippen LogP contribution in [0.25, 0.3) is 27.7 Å². The van der Waals surface area contributed by atoms with E-state index in [2.05, 4.69) is 40.9 Å². The second-order valence-corrected chi connectivity index (χ2v) is 11.3. The zero-order valence-corrected chi connectivity index (χ0v) is 23.2. The van der Waals surface area contributed by atoms with Crippen molar-refractivity contribution in [3.05, 3.63) is 88.9 Å². The number of carbonyl (C=O) groups excluding carboxylic acids is 1. The van der Waals surface area contributed by atoms with Gasteiger partial charge in [-0.25, -0.2) is 4.39 Å². The number of aliphatic hydroxyl groups excluding tert-OH is 1. The number of nitrogens with one attached hydrogen (secondary N) is 1. The van der Waals surface area contributed by atoms with Gasteiger partial charge in [-0.15, -0.1) is 0 Å². The Hall–Kier alpha value is -3.85. The molecule has 0 fully saturated rings. The molecule has 1 atom stereocenters. The van der Waals surface area contributed by atoms with E-state index in [1.807, 2.05) is 18.3 Å². The average molecular weight is 544 g/mol. The predicted octanol–water partition coefficient (Wildman–Crippen LogP) is 4.77. The molecule has 0 saturated heterocycles. The number of benzene rings is 3. The molecule has 1 aromatic heterocycles. The fourth-order valence-electron chi connectivity index (χ4n) is 5.33. The minimum absolute atomic E-state index is 0.0716. The van der Waals surface area contributed by atoms with Crippen LogP contribution in [0, 0.1) is 5.82 Å². The molecule has 5 rings (SSSR count). The van der Waals surface area contributed by atoms with Crippen LogP contribution in [0.5, 0.6) is 0 Å². The van der Waals surface area contributed by atoms with Gasteiger partial charge in [0, 0.05) is 53.2 Å². The molecule has 0 aliphatic carbocycles. The Bertz CT molecular complexity index is 1590. The van der Waals surface area contributed by atoms with Crippen LogP contribution in [0.15, 0.2) is 65.7 Å². The summed E-state index contributed by atoms with van der Waals surface area (Å²) in [5.74, 6) is -0.649. The lowest BCUT2D eigenvalue weighted by molar-refractivity contribution is 0.00320. The second kappa shape index (κ2) is 10.6. The van der Waals surface area contributed by atoms with Crippen molar-refractivity contribution in [1.82, 2.24) is 9.88 Å². The van der Waals surface area contributed by atoms with E-state index in [1.165, 1.54) is 19.1 Å². The number of rotatable bonds is 9. The average Bonchev–Trinajstić information content (AvgIpc) is 3.53. The fraction of sp³-hybridized carbons (Fsp3) is 0.312. The number of nitrogens with zero attached hydrogens (tertiary/aromatic N) is 2. The monoisotopic (exact) mass is 543 g/mol. The highest BCUT2D eigenvalue weighted by molar-refractivity contribution is 6.04. The Balaban J connectivity index is 1.70. The van der Waals surface area contributed by atoms with E-state index in [9.17, 15) is 19.4 Å². The largest absolute Gasteiger partial charge is 0.393 e. The molecule has 1 aliphatic rings. The molecule has 3 N–H and O–H groups in total. The number of amides is 1. The molecule has 3 aromatic carbocycles. The summed E-state index contributed by atoms with van der Waals surface area (Å²) in [7, 11) is 1.68. The van der Waals surface area contributed by atoms with Crippen LogP contribution in [0.1, 0.15) is 48.0 Å². The first-order chi connectivity index (χ1) is 19.0. The summed E-state index contributed by atoms with van der Waals surface area (Å²) >= 11 is 0. The van der Waals surface area contributed by atoms with E-state index in [0.717, 1.165) is 44.5 Å². The Morgan fingerprint density at radius 2 is 1.80 bits per heavy atom. The van der Waals surface area contributed by atoms with Crippen LogP contribution in [-0.2, 0) is 16.7 Å². The zero-order valence-electron chi connectivity index (χ0n) is 23.2. The molecule has 0 spiro atoms. The quantitative estimate of drug-likeness (QED) is 0.284. The number of aromatic nitrogens is 1. The van der Waals surface area contributed by atoms with Gasteiger partial charge in [-0.2, -0.15) is 0 Å². The third-order valence-electron chi connectivity index (χ3n) is 7.36. The maximum atomic E-state index is 14.0. The van der Waals surface area contributed by atoms with Crippen molar-refractivity contribution >= 4 is 23.0 Å². The highest BCUT2D eigenvalue weighted by atomic mass is 19.1. The van der Waals surface area contributed by atoms with Gasteiger partial charge < -0.3 is 24.8 Å². The number of hydrogen-bond acceptors (Lipinski definition) is 5. The second-order valence-electron chi connectivity index (χ2n) is 11.3. The van der Waals surface area contributed by atoms with Gasteiger partial charge in [-0.1, -0.05) is 26.0 Å². The molecule has 208 valence electrons. The molecule has 40 heavy (non-hydrogen) atoms. The summed E-state index contributed by atoms with van der Waals surface area (Å²) in [5, 5.41) is 23.0. The number of hydrogen-bond donors (Lipinski definition) is 3. The third kappa shape index (κ3) is 5.18. The number of carbonyl (C=O) groups is 1. The first-order valence-corrected chi connectivity index (χ1v) is 13.2. The van der Waals surface area contributed by atoms with Gasteiger partial charge in [0.2, 0.25) is 0 Å². The van der Waals surface area contributed by atoms with Crippen molar-refractivity contribution in [2.24, 2.45) is 4.99 Å². The molecule has 0 saturated carbocycles. The van der Waals surface area contributed by atoms with Crippen molar-refractivity contribution in [3.63, 3.8) is 0 Å². The van der Waals surface area contributed by atoms with Crippen LogP contribution in [0.3, 0.4) is 0 Å². The maximum absolute atomic E-state index is 14.0. The summed E-state index contributed by atoms with van der Waals surface area (Å²) < 4.78 is 21.8. The van der Waals surface area contributed by atoms with Crippen LogP contribution < -0.4 is 5.32 Å². The number of aliphatic hydroxyl groups is 2. The van der Waals surface area contributed by atoms with Gasteiger partial charge in [0.25, 0.3) is 5.91 Å². The Morgan fingerprint density at radius 1 is 1.10 bits per heavy atom. The van der Waals surface area contributed by atoms with E-state index in [-0.39, 0.29) is 18.3 Å². The van der Waals surface area contributed by atoms with E-state index in [0.29, 0.717) is 18.7 Å². The van der Waals surface area contributed by atoms with Gasteiger partial charge >= 0.3 is 0 Å². The predicted molar refractivity (Wildman–Crippen MR) is 155 cm³/mol. The molecule has 2 heterocycles. The van der Waals surface area contributed by atoms with Crippen molar-refractivity contribution in [3.8, 4) is 16.8 Å². The maximum Gasteiger partial charge on any atom is 0.251 e. The Morgan fingerprint density at radius 3 is 2.45 bits per heavy atom. The van der Waals surface area contributed by atoms with E-state index < -0.39 is 17.6 Å². The van der Waals surface area contributed by atoms with E-state index in [4.69, 9.17) is 4.74 Å². The molecule has 8 heteroatoms. The lowest BCUT2D eigenvalue weighted by Gasteiger charge is -2.28. The van der Waals surface area contributed by atoms with Crippen molar-refractivity contribution < 1.29 is 24.1 Å². The molecular weight excluding hydrogens is 509 g/mol. The summed E-state index contributed by atoms with van der Waals surface area (Å²) in [4.78, 5) is 17.2. The minimum Gasteiger partial charge on any atom is -0.393 e. The molecule has 1 aliphatic heterocycles. The van der Waals surface area contributed by atoms with Gasteiger partial charge in [0.05, 0.1) is 25.3 Å². The minimum atomic E-state index is -1.40. The van der Waals surface area contributed by atoms with Gasteiger partial charge in [-0.3, -0.25) is 9.79 Å². The summed E-state index contributed by atoms with van der Waals surface area (Å²) in [5.41, 5.74) is 5.52. The van der Waals surface area contributed by atoms with Crippen LogP contribution in [-0.4, -0.2) is 59.4 Å². The van der Waals surface area contributed by atoms with Crippen LogP contribution in [0.2, 0.25) is 0 Å². The SMILES string of the molecule is COCC(C)(C)c1c(-c2ccc(C(=O)NCC(C)(O)CO)cc2)c2cc3c(cc2n1-c1ccc(F)cc1)C=NC3. The molecule has 0 radical (unpaired) electrons. The Labute approximate surface area is 232 Å². The summed E-state index contributed by atoms with van der Waals surface area (Å²) in [6.45, 7) is 6.23. The summed E-state index contributed by atoms with van der Waals surface area (Å²) in [6.07, 6.45) is 1.89. The lowest BCUT2D eigenvalue weighted by atomic mass is 9.84. The number of fused-ring (bicyclic) bond motifs is 2. The van der Waals surface area contributed by atoms with Crippen molar-refractivity contribution in [2.45, 2.75) is 38.3 Å². The molecule has 0 bridgehead atoms. The first-order valence-electron chi connectivity index (χ1n) is 13.2. The smallest absolute Gasteiger partial charge is 0.251 e. The summed E-state index contributed by atoms with van der Waals surface area (Å²) in [6, 6.07) is 18.1.